The summed E-state index contributed by atoms with van der Waals surface area (Å²) in [5, 5.41) is 3.92. The predicted molar refractivity (Wildman–Crippen MR) is 117 cm³/mol. The Morgan fingerprint density at radius 1 is 1.17 bits per heavy atom. The Bertz CT molecular complexity index is 804. The lowest BCUT2D eigenvalue weighted by molar-refractivity contribution is -0.136. The molecule has 158 valence electrons. The highest BCUT2D eigenvalue weighted by Gasteiger charge is 2.19. The van der Waals surface area contributed by atoms with Gasteiger partial charge in [0.25, 0.3) is 5.91 Å². The predicted octanol–water partition coefficient (Wildman–Crippen LogP) is 3.21. The average molecular weight is 439 g/mol. The zero-order valence-corrected chi connectivity index (χ0v) is 18.8. The summed E-state index contributed by atoms with van der Waals surface area (Å²) in [4.78, 5) is 34.0. The van der Waals surface area contributed by atoms with Crippen molar-refractivity contribution in [1.29, 1.82) is 0 Å². The average Bonchev–Trinajstić information content (AvgIpc) is 2.96. The summed E-state index contributed by atoms with van der Waals surface area (Å²) in [6.07, 6.45) is 0.752. The van der Waals surface area contributed by atoms with E-state index in [9.17, 15) is 9.59 Å². The van der Waals surface area contributed by atoms with Crippen molar-refractivity contribution < 1.29 is 14.3 Å². The van der Waals surface area contributed by atoms with E-state index in [-0.39, 0.29) is 25.0 Å². The van der Waals surface area contributed by atoms with Crippen LogP contribution < -0.4 is 10.1 Å². The van der Waals surface area contributed by atoms with Gasteiger partial charge in [-0.25, -0.2) is 4.98 Å². The molecule has 1 N–H and O–H groups in total. The van der Waals surface area contributed by atoms with Gasteiger partial charge in [0.05, 0.1) is 5.69 Å². The maximum absolute atomic E-state index is 12.7. The third kappa shape index (κ3) is 8.00. The van der Waals surface area contributed by atoms with Gasteiger partial charge in [-0.2, -0.15) is 0 Å². The number of thiazole rings is 1. The van der Waals surface area contributed by atoms with E-state index >= 15 is 0 Å². The van der Waals surface area contributed by atoms with E-state index in [2.05, 4.69) is 10.3 Å². The van der Waals surface area contributed by atoms with E-state index < -0.39 is 0 Å². The number of aryl methyl sites for hydroxylation is 2. The molecule has 0 aliphatic carbocycles. The summed E-state index contributed by atoms with van der Waals surface area (Å²) in [5.41, 5.74) is 0.889. The molecule has 0 aliphatic heterocycles. The smallest absolute Gasteiger partial charge is 0.260 e. The van der Waals surface area contributed by atoms with Crippen molar-refractivity contribution >= 4 is 39.9 Å². The highest BCUT2D eigenvalue weighted by Crippen LogP contribution is 2.21. The van der Waals surface area contributed by atoms with Gasteiger partial charge in [0.1, 0.15) is 12.3 Å². The van der Waals surface area contributed by atoms with Gasteiger partial charge in [0, 0.05) is 16.4 Å². The molecule has 0 radical (unpaired) electrons. The molecule has 0 fully saturated rings. The molecule has 0 spiro atoms. The zero-order valence-electron chi connectivity index (χ0n) is 17.2. The molecular weight excluding hydrogens is 412 g/mol. The standard InChI is InChI=1S/C20H27ClN4O3S/c1-14-15(2)29-20(22-14)23-18(26)12-25(11-5-10-24(3)4)19(27)13-28-17-8-6-16(21)7-9-17/h6-9H,5,10-13H2,1-4H3,(H,22,23,26). The minimum absolute atomic E-state index is 0.0477. The summed E-state index contributed by atoms with van der Waals surface area (Å²) < 4.78 is 5.55. The number of aromatic nitrogens is 1. The van der Waals surface area contributed by atoms with Gasteiger partial charge in [0.2, 0.25) is 5.91 Å². The molecule has 7 nitrogen and oxygen atoms in total. The number of nitrogens with zero attached hydrogens (tertiary/aromatic N) is 3. The summed E-state index contributed by atoms with van der Waals surface area (Å²) in [6.45, 7) is 4.93. The largest absolute Gasteiger partial charge is 0.484 e. The van der Waals surface area contributed by atoms with E-state index in [0.717, 1.165) is 23.5 Å². The Balaban J connectivity index is 1.95. The highest BCUT2D eigenvalue weighted by atomic mass is 35.5. The molecule has 2 aromatic rings. The SMILES string of the molecule is Cc1nc(NC(=O)CN(CCCN(C)C)C(=O)COc2ccc(Cl)cc2)sc1C. The van der Waals surface area contributed by atoms with Crippen LogP contribution in [0.2, 0.25) is 5.02 Å². The van der Waals surface area contributed by atoms with Crippen molar-refractivity contribution in [3.05, 3.63) is 39.9 Å². The van der Waals surface area contributed by atoms with E-state index in [1.165, 1.54) is 16.2 Å². The van der Waals surface area contributed by atoms with Gasteiger partial charge in [-0.1, -0.05) is 11.6 Å². The van der Waals surface area contributed by atoms with Crippen molar-refractivity contribution in [2.75, 3.05) is 45.7 Å². The van der Waals surface area contributed by atoms with Gasteiger partial charge >= 0.3 is 0 Å². The van der Waals surface area contributed by atoms with Gasteiger partial charge in [-0.15, -0.1) is 11.3 Å². The number of hydrogen-bond donors (Lipinski definition) is 1. The van der Waals surface area contributed by atoms with Crippen molar-refractivity contribution in [2.45, 2.75) is 20.3 Å². The lowest BCUT2D eigenvalue weighted by Crippen LogP contribution is -2.41. The summed E-state index contributed by atoms with van der Waals surface area (Å²) in [7, 11) is 3.94. The van der Waals surface area contributed by atoms with Crippen LogP contribution in [0.3, 0.4) is 0 Å². The minimum atomic E-state index is -0.275. The first kappa shape index (κ1) is 23.1. The Morgan fingerprint density at radius 2 is 1.86 bits per heavy atom. The number of hydrogen-bond acceptors (Lipinski definition) is 6. The molecule has 0 atom stereocenters. The second-order valence-corrected chi connectivity index (χ2v) is 8.56. The number of nitrogens with one attached hydrogen (secondary N) is 1. The van der Waals surface area contributed by atoms with Crippen LogP contribution in [0.4, 0.5) is 5.13 Å². The van der Waals surface area contributed by atoms with Crippen LogP contribution in [0.25, 0.3) is 0 Å². The first-order valence-electron chi connectivity index (χ1n) is 9.29. The number of halogens is 1. The fraction of sp³-hybridized carbons (Fsp3) is 0.450. The molecule has 9 heteroatoms. The van der Waals surface area contributed by atoms with Crippen LogP contribution in [0.15, 0.2) is 24.3 Å². The topological polar surface area (TPSA) is 74.8 Å². The summed E-state index contributed by atoms with van der Waals surface area (Å²) in [6, 6.07) is 6.79. The van der Waals surface area contributed by atoms with Gasteiger partial charge in [-0.05, 0) is 65.2 Å². The monoisotopic (exact) mass is 438 g/mol. The zero-order chi connectivity index (χ0) is 21.4. The Labute approximate surface area is 180 Å². The van der Waals surface area contributed by atoms with E-state index in [4.69, 9.17) is 16.3 Å². The quantitative estimate of drug-likeness (QED) is 0.616. The highest BCUT2D eigenvalue weighted by molar-refractivity contribution is 7.15. The molecular formula is C20H27ClN4O3S. The van der Waals surface area contributed by atoms with Crippen LogP contribution in [-0.4, -0.2) is 66.9 Å². The first-order valence-corrected chi connectivity index (χ1v) is 10.5. The van der Waals surface area contributed by atoms with Gasteiger partial charge in [-0.3, -0.25) is 9.59 Å². The van der Waals surface area contributed by atoms with Crippen LogP contribution >= 0.6 is 22.9 Å². The van der Waals surface area contributed by atoms with Gasteiger partial charge in [0.15, 0.2) is 11.7 Å². The molecule has 1 aromatic heterocycles. The molecule has 0 unspecified atom stereocenters. The second kappa shape index (κ2) is 11.1. The van der Waals surface area contributed by atoms with Crippen molar-refractivity contribution in [2.24, 2.45) is 0 Å². The number of anilines is 1. The second-order valence-electron chi connectivity index (χ2n) is 6.92. The van der Waals surface area contributed by atoms with Crippen LogP contribution in [0, 0.1) is 13.8 Å². The number of carbonyl (C=O) groups excluding carboxylic acids is 2. The fourth-order valence-corrected chi connectivity index (χ4v) is 3.45. The van der Waals surface area contributed by atoms with Gasteiger partial charge < -0.3 is 19.9 Å². The van der Waals surface area contributed by atoms with E-state index in [1.807, 2.05) is 32.8 Å². The lowest BCUT2D eigenvalue weighted by Gasteiger charge is -2.23. The first-order chi connectivity index (χ1) is 13.7. The number of carbonyl (C=O) groups is 2. The number of amides is 2. The van der Waals surface area contributed by atoms with Crippen molar-refractivity contribution in [1.82, 2.24) is 14.8 Å². The van der Waals surface area contributed by atoms with Crippen molar-refractivity contribution in [3.63, 3.8) is 0 Å². The molecule has 0 saturated heterocycles. The molecule has 0 aliphatic rings. The molecule has 2 rings (SSSR count). The minimum Gasteiger partial charge on any atom is -0.484 e. The maximum atomic E-state index is 12.7. The molecule has 2 amide bonds. The molecule has 29 heavy (non-hydrogen) atoms. The number of rotatable bonds is 10. The van der Waals surface area contributed by atoms with Crippen LogP contribution in [0.5, 0.6) is 5.75 Å². The maximum Gasteiger partial charge on any atom is 0.260 e. The molecule has 1 heterocycles. The van der Waals surface area contributed by atoms with E-state index in [1.54, 1.807) is 24.3 Å². The lowest BCUT2D eigenvalue weighted by atomic mass is 10.3. The Kier molecular flexibility index (Phi) is 8.88. The third-order valence-corrected chi connectivity index (χ3v) is 5.41. The van der Waals surface area contributed by atoms with E-state index in [0.29, 0.717) is 22.4 Å². The Morgan fingerprint density at radius 3 is 2.45 bits per heavy atom. The number of ether oxygens (including phenoxy) is 1. The molecule has 1 aromatic carbocycles. The molecule has 0 saturated carbocycles. The molecule has 0 bridgehead atoms. The summed E-state index contributed by atoms with van der Waals surface area (Å²) in [5.74, 6) is 0.0259. The van der Waals surface area contributed by atoms with Crippen molar-refractivity contribution in [3.8, 4) is 5.75 Å². The Hall–Kier alpha value is -2.16. The fourth-order valence-electron chi connectivity index (χ4n) is 2.50. The number of benzene rings is 1. The summed E-state index contributed by atoms with van der Waals surface area (Å²) >= 11 is 7.28. The third-order valence-electron chi connectivity index (χ3n) is 4.17. The van der Waals surface area contributed by atoms with Crippen LogP contribution in [-0.2, 0) is 9.59 Å². The van der Waals surface area contributed by atoms with Crippen LogP contribution in [0.1, 0.15) is 17.0 Å². The normalized spacial score (nSPS) is 10.8.